The van der Waals surface area contributed by atoms with Crippen molar-refractivity contribution >= 4 is 18.0 Å². The van der Waals surface area contributed by atoms with E-state index < -0.39 is 5.97 Å². The molecule has 0 spiro atoms. The Morgan fingerprint density at radius 3 is 2.71 bits per heavy atom. The molecule has 0 saturated heterocycles. The van der Waals surface area contributed by atoms with Crippen LogP contribution in [0, 0.1) is 0 Å². The van der Waals surface area contributed by atoms with Crippen molar-refractivity contribution in [3.05, 3.63) is 29.8 Å². The minimum absolute atomic E-state index is 0. The van der Waals surface area contributed by atoms with Crippen LogP contribution in [-0.2, 0) is 0 Å². The fourth-order valence-electron chi connectivity index (χ4n) is 0.830. The molecule has 0 unspecified atom stereocenters. The summed E-state index contributed by atoms with van der Waals surface area (Å²) in [5.74, 6) is -0.108. The van der Waals surface area contributed by atoms with Gasteiger partial charge in [-0.1, -0.05) is 19.1 Å². The molecule has 5 heteroatoms. The first-order valence-electron chi connectivity index (χ1n) is 3.85. The molecule has 1 rings (SSSR count). The molecule has 0 aliphatic heterocycles. The fourth-order valence-corrected chi connectivity index (χ4v) is 1.22. The van der Waals surface area contributed by atoms with Gasteiger partial charge in [0, 0.05) is 11.3 Å². The Labute approximate surface area is 109 Å². The zero-order valence-corrected chi connectivity index (χ0v) is 11.0. The van der Waals surface area contributed by atoms with Crippen LogP contribution in [-0.4, -0.2) is 11.7 Å². The Balaban J connectivity index is 0.00000169. The largest absolute Gasteiger partial charge is 1.00 e. The summed E-state index contributed by atoms with van der Waals surface area (Å²) in [6.45, 7) is 1.92. The van der Waals surface area contributed by atoms with Crippen LogP contribution in [0.3, 0.4) is 0 Å². The number of carboxylic acid groups (broad SMARTS) is 1. The van der Waals surface area contributed by atoms with Gasteiger partial charge < -0.3 is 14.1 Å². The molecule has 0 fully saturated rings. The molecule has 0 aromatic heterocycles. The van der Waals surface area contributed by atoms with Crippen molar-refractivity contribution in [2.45, 2.75) is 6.92 Å². The van der Waals surface area contributed by atoms with Crippen molar-refractivity contribution in [1.82, 2.24) is 0 Å². The molecule has 0 radical (unpaired) electrons. The molecule has 0 atom stereocenters. The molecule has 0 N–H and O–H groups in total. The monoisotopic (exact) mass is 220 g/mol. The molecule has 0 aliphatic rings. The Kier molecular flexibility index (Phi) is 7.09. The Morgan fingerprint density at radius 1 is 1.50 bits per heavy atom. The van der Waals surface area contributed by atoms with Crippen LogP contribution in [0.4, 0.5) is 0 Å². The van der Waals surface area contributed by atoms with E-state index in [0.717, 1.165) is 5.75 Å². The topological polar surface area (TPSA) is 49.4 Å². The molecule has 0 aliphatic carbocycles. The van der Waals surface area contributed by atoms with Crippen LogP contribution in [0.2, 0.25) is 0 Å². The van der Waals surface area contributed by atoms with E-state index in [0.29, 0.717) is 5.75 Å². The maximum absolute atomic E-state index is 10.6. The standard InChI is InChI=1S/C9H10O3S.Na/c1-2-13-12-8-6-4-3-5-7(8)9(10)11;/h3-6H,2H2,1H3,(H,10,11);/q;+1/p-1. The van der Waals surface area contributed by atoms with Gasteiger partial charge in [-0.05, 0) is 12.1 Å². The first-order valence-corrected chi connectivity index (χ1v) is 4.76. The van der Waals surface area contributed by atoms with E-state index in [4.69, 9.17) is 4.18 Å². The molecule has 70 valence electrons. The third-order valence-electron chi connectivity index (χ3n) is 1.37. The van der Waals surface area contributed by atoms with Gasteiger partial charge in [-0.3, -0.25) is 0 Å². The second-order valence-corrected chi connectivity index (χ2v) is 3.25. The van der Waals surface area contributed by atoms with Crippen molar-refractivity contribution in [2.24, 2.45) is 0 Å². The maximum Gasteiger partial charge on any atom is 1.00 e. The van der Waals surface area contributed by atoms with Crippen LogP contribution >= 0.6 is 12.0 Å². The SMILES string of the molecule is CCSOc1ccccc1C(=O)[O-].[Na+]. The normalized spacial score (nSPS) is 8.93. The quantitative estimate of drug-likeness (QED) is 0.439. The second-order valence-electron chi connectivity index (χ2n) is 2.27. The fraction of sp³-hybridized carbons (Fsp3) is 0.222. The zero-order valence-electron chi connectivity index (χ0n) is 8.15. The average molecular weight is 220 g/mol. The van der Waals surface area contributed by atoms with Crippen LogP contribution in [0.5, 0.6) is 5.75 Å². The van der Waals surface area contributed by atoms with E-state index in [1.165, 1.54) is 18.1 Å². The number of benzene rings is 1. The minimum Gasteiger partial charge on any atom is -0.545 e. The molecular formula is C9H9NaO3S. The van der Waals surface area contributed by atoms with Gasteiger partial charge in [0.1, 0.15) is 5.75 Å². The smallest absolute Gasteiger partial charge is 0.545 e. The maximum atomic E-state index is 10.6. The Morgan fingerprint density at radius 2 is 2.14 bits per heavy atom. The third kappa shape index (κ3) is 3.92. The van der Waals surface area contributed by atoms with Crippen LogP contribution in [0.25, 0.3) is 0 Å². The van der Waals surface area contributed by atoms with Crippen LogP contribution in [0.15, 0.2) is 24.3 Å². The molecule has 0 bridgehead atoms. The predicted molar refractivity (Wildman–Crippen MR) is 49.5 cm³/mol. The molecule has 3 nitrogen and oxygen atoms in total. The van der Waals surface area contributed by atoms with Gasteiger partial charge in [0.2, 0.25) is 0 Å². The molecule has 14 heavy (non-hydrogen) atoms. The van der Waals surface area contributed by atoms with E-state index in [2.05, 4.69) is 0 Å². The van der Waals surface area contributed by atoms with Gasteiger partial charge in [-0.2, -0.15) is 0 Å². The number of carbonyl (C=O) groups excluding carboxylic acids is 1. The predicted octanol–water partition coefficient (Wildman–Crippen LogP) is -1.90. The molecule has 1 aromatic rings. The van der Waals surface area contributed by atoms with E-state index in [-0.39, 0.29) is 35.1 Å². The first-order chi connectivity index (χ1) is 6.25. The zero-order chi connectivity index (χ0) is 9.68. The molecule has 0 heterocycles. The Bertz CT molecular complexity index is 304. The summed E-state index contributed by atoms with van der Waals surface area (Å²) in [6.07, 6.45) is 0. The number of hydrogen-bond donors (Lipinski definition) is 0. The number of rotatable bonds is 4. The number of para-hydroxylation sites is 1. The van der Waals surface area contributed by atoms with Gasteiger partial charge in [-0.15, -0.1) is 0 Å². The summed E-state index contributed by atoms with van der Waals surface area (Å²) in [4.78, 5) is 10.6. The van der Waals surface area contributed by atoms with Crippen LogP contribution < -0.4 is 38.8 Å². The van der Waals surface area contributed by atoms with Gasteiger partial charge in [0.05, 0.1) is 18.0 Å². The molecule has 0 amide bonds. The van der Waals surface area contributed by atoms with E-state index >= 15 is 0 Å². The van der Waals surface area contributed by atoms with Gasteiger partial charge in [0.25, 0.3) is 0 Å². The van der Waals surface area contributed by atoms with Gasteiger partial charge in [-0.25, -0.2) is 0 Å². The number of aromatic carboxylic acids is 1. The van der Waals surface area contributed by atoms with Crippen molar-refractivity contribution in [3.63, 3.8) is 0 Å². The van der Waals surface area contributed by atoms with Crippen molar-refractivity contribution < 1.29 is 43.6 Å². The summed E-state index contributed by atoms with van der Waals surface area (Å²) in [6, 6.07) is 6.42. The number of hydrogen-bond acceptors (Lipinski definition) is 4. The minimum atomic E-state index is -1.22. The first kappa shape index (κ1) is 13.8. The third-order valence-corrected chi connectivity index (χ3v) is 1.91. The van der Waals surface area contributed by atoms with Crippen molar-refractivity contribution in [1.29, 1.82) is 0 Å². The van der Waals surface area contributed by atoms with Crippen molar-refractivity contribution in [2.75, 3.05) is 5.75 Å². The number of carbonyl (C=O) groups is 1. The summed E-state index contributed by atoms with van der Waals surface area (Å²) < 4.78 is 5.14. The summed E-state index contributed by atoms with van der Waals surface area (Å²) >= 11 is 1.20. The van der Waals surface area contributed by atoms with Crippen molar-refractivity contribution in [3.8, 4) is 5.75 Å². The second kappa shape index (κ2) is 7.17. The molecule has 1 aromatic carbocycles. The van der Waals surface area contributed by atoms with Gasteiger partial charge >= 0.3 is 29.6 Å². The average Bonchev–Trinajstić information content (AvgIpc) is 2.15. The van der Waals surface area contributed by atoms with Crippen LogP contribution in [0.1, 0.15) is 17.3 Å². The number of carboxylic acids is 1. The van der Waals surface area contributed by atoms with E-state index in [9.17, 15) is 9.90 Å². The van der Waals surface area contributed by atoms with Gasteiger partial charge in [0.15, 0.2) is 0 Å². The van der Waals surface area contributed by atoms with E-state index in [1.807, 2.05) is 6.92 Å². The van der Waals surface area contributed by atoms with E-state index in [1.54, 1.807) is 18.2 Å². The summed E-state index contributed by atoms with van der Waals surface area (Å²) in [5.41, 5.74) is 0.0865. The molecular weight excluding hydrogens is 211 g/mol. The molecule has 0 saturated carbocycles. The summed E-state index contributed by atoms with van der Waals surface area (Å²) in [7, 11) is 0. The summed E-state index contributed by atoms with van der Waals surface area (Å²) in [5, 5.41) is 10.6. The Hall–Kier alpha value is -0.160.